The first-order chi connectivity index (χ1) is 10.9. The lowest BCUT2D eigenvalue weighted by Gasteiger charge is -2.32. The highest BCUT2D eigenvalue weighted by Crippen LogP contribution is 2.24. The van der Waals surface area contributed by atoms with Gasteiger partial charge in [0.1, 0.15) is 0 Å². The number of halogens is 2. The molecule has 0 radical (unpaired) electrons. The molecule has 0 unspecified atom stereocenters. The number of rotatable bonds is 5. The van der Waals surface area contributed by atoms with Crippen molar-refractivity contribution in [2.24, 2.45) is 0 Å². The third-order valence-electron chi connectivity index (χ3n) is 3.75. The maximum atomic E-state index is 11.7. The SMILES string of the molecule is CC(=O)SCC(=O)NC1CCN(Cc2ccc(Cl)c(Cl)c2)CC1. The van der Waals surface area contributed by atoms with Crippen LogP contribution < -0.4 is 5.32 Å². The Hall–Kier alpha value is -0.750. The minimum atomic E-state index is -0.0619. The normalized spacial score (nSPS) is 16.3. The van der Waals surface area contributed by atoms with E-state index in [1.165, 1.54) is 6.92 Å². The molecule has 23 heavy (non-hydrogen) atoms. The van der Waals surface area contributed by atoms with E-state index in [0.717, 1.165) is 49.8 Å². The van der Waals surface area contributed by atoms with Crippen molar-refractivity contribution >= 4 is 46.0 Å². The zero-order valence-corrected chi connectivity index (χ0v) is 15.3. The number of piperidine rings is 1. The first-order valence-electron chi connectivity index (χ1n) is 7.53. The Morgan fingerprint density at radius 3 is 2.57 bits per heavy atom. The van der Waals surface area contributed by atoms with Gasteiger partial charge in [0.25, 0.3) is 0 Å². The predicted octanol–water partition coefficient (Wildman–Crippen LogP) is 3.35. The molecule has 1 aromatic carbocycles. The van der Waals surface area contributed by atoms with Gasteiger partial charge in [-0.1, -0.05) is 41.0 Å². The fourth-order valence-corrected chi connectivity index (χ4v) is 3.31. The molecule has 0 spiro atoms. The number of nitrogens with one attached hydrogen (secondary N) is 1. The molecule has 0 saturated carbocycles. The molecule has 1 fully saturated rings. The summed E-state index contributed by atoms with van der Waals surface area (Å²) in [6.07, 6.45) is 1.83. The lowest BCUT2D eigenvalue weighted by atomic mass is 10.0. The number of likely N-dealkylation sites (tertiary alicyclic amines) is 1. The van der Waals surface area contributed by atoms with Crippen LogP contribution in [0.5, 0.6) is 0 Å². The molecule has 1 N–H and O–H groups in total. The molecule has 7 heteroatoms. The van der Waals surface area contributed by atoms with Gasteiger partial charge >= 0.3 is 0 Å². The topological polar surface area (TPSA) is 49.4 Å². The summed E-state index contributed by atoms with van der Waals surface area (Å²) < 4.78 is 0. The summed E-state index contributed by atoms with van der Waals surface area (Å²) in [5, 5.41) is 4.11. The molecular weight excluding hydrogens is 355 g/mol. The number of carbonyl (C=O) groups is 2. The minimum Gasteiger partial charge on any atom is -0.353 e. The molecule has 1 aliphatic rings. The molecule has 1 aliphatic heterocycles. The van der Waals surface area contributed by atoms with Gasteiger partial charge in [-0.15, -0.1) is 0 Å². The summed E-state index contributed by atoms with van der Waals surface area (Å²) in [6.45, 7) is 4.15. The largest absolute Gasteiger partial charge is 0.353 e. The molecule has 2 rings (SSSR count). The van der Waals surface area contributed by atoms with Crippen LogP contribution in [0, 0.1) is 0 Å². The lowest BCUT2D eigenvalue weighted by Crippen LogP contribution is -2.44. The second-order valence-electron chi connectivity index (χ2n) is 5.65. The second kappa shape index (κ2) is 8.92. The zero-order chi connectivity index (χ0) is 16.8. The molecule has 1 saturated heterocycles. The Kier molecular flexibility index (Phi) is 7.21. The molecule has 0 atom stereocenters. The quantitative estimate of drug-likeness (QED) is 0.858. The molecule has 0 bridgehead atoms. The number of thioether (sulfide) groups is 1. The van der Waals surface area contributed by atoms with E-state index in [9.17, 15) is 9.59 Å². The van der Waals surface area contributed by atoms with Crippen LogP contribution in [0.25, 0.3) is 0 Å². The number of hydrogen-bond donors (Lipinski definition) is 1. The summed E-state index contributed by atoms with van der Waals surface area (Å²) in [7, 11) is 0. The molecular formula is C16H20Cl2N2O2S. The minimum absolute atomic E-state index is 0.0309. The van der Waals surface area contributed by atoms with Crippen LogP contribution in [0.2, 0.25) is 10.0 Å². The van der Waals surface area contributed by atoms with E-state index in [4.69, 9.17) is 23.2 Å². The first kappa shape index (κ1) is 18.6. The second-order valence-corrected chi connectivity index (χ2v) is 7.61. The highest BCUT2D eigenvalue weighted by Gasteiger charge is 2.21. The number of benzene rings is 1. The smallest absolute Gasteiger partial charge is 0.230 e. The summed E-state index contributed by atoms with van der Waals surface area (Å²) >= 11 is 13.0. The summed E-state index contributed by atoms with van der Waals surface area (Å²) in [5.41, 5.74) is 1.14. The molecule has 4 nitrogen and oxygen atoms in total. The molecule has 126 valence electrons. The Morgan fingerprint density at radius 1 is 1.26 bits per heavy atom. The van der Waals surface area contributed by atoms with Crippen molar-refractivity contribution in [2.75, 3.05) is 18.8 Å². The molecule has 0 aliphatic carbocycles. The summed E-state index contributed by atoms with van der Waals surface area (Å²) in [6, 6.07) is 5.90. The van der Waals surface area contributed by atoms with Gasteiger partial charge in [-0.05, 0) is 30.5 Å². The average molecular weight is 375 g/mol. The highest BCUT2D eigenvalue weighted by molar-refractivity contribution is 8.14. The van der Waals surface area contributed by atoms with Crippen LogP contribution in [-0.4, -0.2) is 40.8 Å². The molecule has 0 aromatic heterocycles. The number of nitrogens with zero attached hydrogens (tertiary/aromatic N) is 1. The number of hydrogen-bond acceptors (Lipinski definition) is 4. The molecule has 1 heterocycles. The van der Waals surface area contributed by atoms with E-state index in [1.54, 1.807) is 0 Å². The van der Waals surface area contributed by atoms with Gasteiger partial charge in [0, 0.05) is 32.6 Å². The van der Waals surface area contributed by atoms with Crippen LogP contribution in [-0.2, 0) is 16.1 Å². The van der Waals surface area contributed by atoms with Crippen molar-refractivity contribution in [1.29, 1.82) is 0 Å². The Labute approximate surface area is 150 Å². The summed E-state index contributed by atoms with van der Waals surface area (Å²) in [4.78, 5) is 24.9. The molecule has 1 aromatic rings. The van der Waals surface area contributed by atoms with E-state index in [2.05, 4.69) is 10.2 Å². The van der Waals surface area contributed by atoms with Crippen LogP contribution in [0.4, 0.5) is 0 Å². The first-order valence-corrected chi connectivity index (χ1v) is 9.27. The van der Waals surface area contributed by atoms with E-state index < -0.39 is 0 Å². The lowest BCUT2D eigenvalue weighted by molar-refractivity contribution is -0.119. The number of carbonyl (C=O) groups excluding carboxylic acids is 2. The van der Waals surface area contributed by atoms with Gasteiger partial charge in [-0.2, -0.15) is 0 Å². The zero-order valence-electron chi connectivity index (χ0n) is 13.0. The van der Waals surface area contributed by atoms with E-state index in [1.807, 2.05) is 18.2 Å². The Balaban J connectivity index is 1.74. The maximum absolute atomic E-state index is 11.7. The number of amides is 1. The summed E-state index contributed by atoms with van der Waals surface area (Å²) in [5.74, 6) is 0.145. The Morgan fingerprint density at radius 2 is 1.96 bits per heavy atom. The van der Waals surface area contributed by atoms with Crippen molar-refractivity contribution < 1.29 is 9.59 Å². The Bertz CT molecular complexity index is 575. The third kappa shape index (κ3) is 6.34. The highest BCUT2D eigenvalue weighted by atomic mass is 35.5. The van der Waals surface area contributed by atoms with Crippen molar-refractivity contribution in [2.45, 2.75) is 32.4 Å². The van der Waals surface area contributed by atoms with Gasteiger partial charge in [-0.25, -0.2) is 0 Å². The van der Waals surface area contributed by atoms with Crippen molar-refractivity contribution in [3.05, 3.63) is 33.8 Å². The van der Waals surface area contributed by atoms with E-state index in [0.29, 0.717) is 10.0 Å². The van der Waals surface area contributed by atoms with Crippen LogP contribution >= 0.6 is 35.0 Å². The van der Waals surface area contributed by atoms with Crippen molar-refractivity contribution in [3.8, 4) is 0 Å². The van der Waals surface area contributed by atoms with Gasteiger partial charge in [0.05, 0.1) is 15.8 Å². The van der Waals surface area contributed by atoms with Gasteiger partial charge in [0.2, 0.25) is 5.91 Å². The van der Waals surface area contributed by atoms with Crippen LogP contribution in [0.1, 0.15) is 25.3 Å². The van der Waals surface area contributed by atoms with Gasteiger partial charge < -0.3 is 5.32 Å². The monoisotopic (exact) mass is 374 g/mol. The van der Waals surface area contributed by atoms with Crippen molar-refractivity contribution in [1.82, 2.24) is 10.2 Å². The van der Waals surface area contributed by atoms with Gasteiger partial charge in [-0.3, -0.25) is 14.5 Å². The van der Waals surface area contributed by atoms with Gasteiger partial charge in [0.15, 0.2) is 5.12 Å². The molecule has 1 amide bonds. The average Bonchev–Trinajstić information content (AvgIpc) is 2.51. The van der Waals surface area contributed by atoms with E-state index in [-0.39, 0.29) is 22.8 Å². The van der Waals surface area contributed by atoms with Crippen molar-refractivity contribution in [3.63, 3.8) is 0 Å². The predicted molar refractivity (Wildman–Crippen MR) is 96.0 cm³/mol. The fraction of sp³-hybridized carbons (Fsp3) is 0.500. The van der Waals surface area contributed by atoms with E-state index >= 15 is 0 Å². The fourth-order valence-electron chi connectivity index (χ4n) is 2.57. The third-order valence-corrected chi connectivity index (χ3v) is 5.30. The maximum Gasteiger partial charge on any atom is 0.230 e. The standard InChI is InChI=1S/C16H20Cl2N2O2S/c1-11(21)23-10-16(22)19-13-4-6-20(7-5-13)9-12-2-3-14(17)15(18)8-12/h2-3,8,13H,4-7,9-10H2,1H3,(H,19,22). The van der Waals surface area contributed by atoms with Crippen LogP contribution in [0.3, 0.4) is 0 Å². The van der Waals surface area contributed by atoms with Crippen LogP contribution in [0.15, 0.2) is 18.2 Å².